The van der Waals surface area contributed by atoms with Crippen LogP contribution in [0.3, 0.4) is 0 Å². The quantitative estimate of drug-likeness (QED) is 0.650. The van der Waals surface area contributed by atoms with Gasteiger partial charge in [0.15, 0.2) is 0 Å². The van der Waals surface area contributed by atoms with Crippen LogP contribution in [-0.4, -0.2) is 51.2 Å². The molecule has 1 fully saturated rings. The van der Waals surface area contributed by atoms with Crippen LogP contribution in [0.25, 0.3) is 0 Å². The van der Waals surface area contributed by atoms with Gasteiger partial charge in [0, 0.05) is 31.2 Å². The first kappa shape index (κ1) is 14.7. The molecule has 110 valence electrons. The lowest BCUT2D eigenvalue weighted by Gasteiger charge is -2.38. The summed E-state index contributed by atoms with van der Waals surface area (Å²) in [6.07, 6.45) is 4.70. The Hall–Kier alpha value is -1.69. The number of aliphatic hydroxyl groups excluding tert-OH is 1. The highest BCUT2D eigenvalue weighted by molar-refractivity contribution is 6.42. The van der Waals surface area contributed by atoms with Gasteiger partial charge in [0.05, 0.1) is 18.4 Å². The van der Waals surface area contributed by atoms with E-state index in [-0.39, 0.29) is 12.0 Å². The van der Waals surface area contributed by atoms with Crippen molar-refractivity contribution >= 4 is 11.7 Å². The summed E-state index contributed by atoms with van der Waals surface area (Å²) in [4.78, 5) is 26.0. The van der Waals surface area contributed by atoms with E-state index in [0.717, 1.165) is 12.8 Å². The third-order valence-corrected chi connectivity index (χ3v) is 3.86. The number of rotatable bonds is 4. The first-order chi connectivity index (χ1) is 9.49. The molecule has 0 aromatic carbocycles. The van der Waals surface area contributed by atoms with E-state index in [1.165, 1.54) is 6.20 Å². The van der Waals surface area contributed by atoms with Gasteiger partial charge in [-0.3, -0.25) is 14.3 Å². The predicted molar refractivity (Wildman–Crippen MR) is 73.2 cm³/mol. The average Bonchev–Trinajstić information content (AvgIpc) is 2.94. The highest BCUT2D eigenvalue weighted by atomic mass is 16.3. The smallest absolute Gasteiger partial charge is 0.295 e. The lowest BCUT2D eigenvalue weighted by molar-refractivity contribution is -0.130. The number of ketones is 1. The van der Waals surface area contributed by atoms with E-state index in [1.54, 1.807) is 15.8 Å². The second-order valence-electron chi connectivity index (χ2n) is 5.71. The van der Waals surface area contributed by atoms with Crippen LogP contribution < -0.4 is 0 Å². The Kier molecular flexibility index (Phi) is 4.23. The van der Waals surface area contributed by atoms with Crippen molar-refractivity contribution in [2.75, 3.05) is 19.7 Å². The molecule has 0 spiro atoms. The fourth-order valence-corrected chi connectivity index (χ4v) is 2.54. The van der Waals surface area contributed by atoms with Gasteiger partial charge in [0.25, 0.3) is 11.7 Å². The molecule has 0 aliphatic carbocycles. The van der Waals surface area contributed by atoms with Crippen LogP contribution in [0.5, 0.6) is 0 Å². The van der Waals surface area contributed by atoms with Gasteiger partial charge in [0.2, 0.25) is 0 Å². The number of carbonyl (C=O) groups excluding carboxylic acids is 2. The highest BCUT2D eigenvalue weighted by Crippen LogP contribution is 2.28. The summed E-state index contributed by atoms with van der Waals surface area (Å²) in [5, 5.41) is 13.4. The fraction of sp³-hybridized carbons (Fsp3) is 0.643. The third kappa shape index (κ3) is 2.90. The Morgan fingerprint density at radius 2 is 2.25 bits per heavy atom. The summed E-state index contributed by atoms with van der Waals surface area (Å²) in [5.41, 5.74) is 0.0232. The van der Waals surface area contributed by atoms with Crippen molar-refractivity contribution in [1.29, 1.82) is 0 Å². The van der Waals surface area contributed by atoms with Crippen LogP contribution >= 0.6 is 0 Å². The van der Waals surface area contributed by atoms with Crippen LogP contribution in [0.2, 0.25) is 0 Å². The van der Waals surface area contributed by atoms with Crippen molar-refractivity contribution in [3.63, 3.8) is 0 Å². The van der Waals surface area contributed by atoms with E-state index in [9.17, 15) is 14.7 Å². The van der Waals surface area contributed by atoms with Gasteiger partial charge in [-0.1, -0.05) is 6.92 Å². The third-order valence-electron chi connectivity index (χ3n) is 3.86. The number of aryl methyl sites for hydroxylation is 1. The molecule has 1 aliphatic heterocycles. The monoisotopic (exact) mass is 279 g/mol. The average molecular weight is 279 g/mol. The first-order valence-electron chi connectivity index (χ1n) is 6.96. The van der Waals surface area contributed by atoms with Gasteiger partial charge in [-0.05, 0) is 19.8 Å². The van der Waals surface area contributed by atoms with Gasteiger partial charge in [0.1, 0.15) is 0 Å². The highest BCUT2D eigenvalue weighted by Gasteiger charge is 2.35. The van der Waals surface area contributed by atoms with Crippen LogP contribution in [0, 0.1) is 5.41 Å². The lowest BCUT2D eigenvalue weighted by atomic mass is 9.82. The molecule has 2 heterocycles. The number of piperidine rings is 1. The predicted octanol–water partition coefficient (Wildman–Crippen LogP) is 0.707. The fourth-order valence-electron chi connectivity index (χ4n) is 2.54. The number of hydrogen-bond donors (Lipinski definition) is 1. The molecule has 1 unspecified atom stereocenters. The number of aromatic nitrogens is 2. The Bertz CT molecular complexity index is 512. The summed E-state index contributed by atoms with van der Waals surface area (Å²) >= 11 is 0. The number of nitrogens with zero attached hydrogens (tertiary/aromatic N) is 3. The zero-order valence-corrected chi connectivity index (χ0v) is 12.0. The Morgan fingerprint density at radius 3 is 2.85 bits per heavy atom. The van der Waals surface area contributed by atoms with E-state index in [2.05, 4.69) is 5.10 Å². The van der Waals surface area contributed by atoms with Gasteiger partial charge >= 0.3 is 0 Å². The molecule has 1 aliphatic rings. The second kappa shape index (κ2) is 5.75. The number of carbonyl (C=O) groups is 2. The zero-order valence-electron chi connectivity index (χ0n) is 12.0. The maximum atomic E-state index is 12.3. The topological polar surface area (TPSA) is 75.4 Å². The molecule has 1 amide bonds. The maximum absolute atomic E-state index is 12.3. The molecular weight excluding hydrogens is 258 g/mol. The van der Waals surface area contributed by atoms with Crippen molar-refractivity contribution in [3.8, 4) is 0 Å². The van der Waals surface area contributed by atoms with E-state index < -0.39 is 11.7 Å². The van der Waals surface area contributed by atoms with Crippen molar-refractivity contribution in [1.82, 2.24) is 14.7 Å². The van der Waals surface area contributed by atoms with E-state index in [0.29, 0.717) is 25.2 Å². The number of hydrogen-bond acceptors (Lipinski definition) is 4. The number of amides is 1. The minimum absolute atomic E-state index is 0.0265. The van der Waals surface area contributed by atoms with Crippen molar-refractivity contribution in [2.24, 2.45) is 5.41 Å². The normalized spacial score (nSPS) is 22.9. The summed E-state index contributed by atoms with van der Waals surface area (Å²) in [5.74, 6) is -1.02. The molecule has 6 nitrogen and oxygen atoms in total. The Morgan fingerprint density at radius 1 is 1.50 bits per heavy atom. The molecule has 6 heteroatoms. The molecule has 0 bridgehead atoms. The molecule has 1 aromatic heterocycles. The van der Waals surface area contributed by atoms with Gasteiger partial charge < -0.3 is 10.0 Å². The summed E-state index contributed by atoms with van der Waals surface area (Å²) in [6, 6.07) is 0. The van der Waals surface area contributed by atoms with Gasteiger partial charge in [-0.2, -0.15) is 5.10 Å². The van der Waals surface area contributed by atoms with Crippen molar-refractivity contribution < 1.29 is 14.7 Å². The summed E-state index contributed by atoms with van der Waals surface area (Å²) in [7, 11) is 0. The molecule has 0 saturated carbocycles. The molecule has 0 radical (unpaired) electrons. The second-order valence-corrected chi connectivity index (χ2v) is 5.71. The van der Waals surface area contributed by atoms with Crippen LogP contribution in [0.1, 0.15) is 37.0 Å². The van der Waals surface area contributed by atoms with Gasteiger partial charge in [-0.15, -0.1) is 0 Å². The molecule has 1 saturated heterocycles. The van der Waals surface area contributed by atoms with Gasteiger partial charge in [-0.25, -0.2) is 0 Å². The molecule has 1 aromatic rings. The summed E-state index contributed by atoms with van der Waals surface area (Å²) < 4.78 is 1.62. The molecule has 1 N–H and O–H groups in total. The first-order valence-corrected chi connectivity index (χ1v) is 6.96. The van der Waals surface area contributed by atoms with Crippen LogP contribution in [0.15, 0.2) is 12.4 Å². The molecule has 2 rings (SSSR count). The number of aliphatic hydroxyl groups is 1. The molecular formula is C14H21N3O3. The minimum Gasteiger partial charge on any atom is -0.396 e. The standard InChI is InChI=1S/C14H21N3O3/c1-3-17-8-11(7-15-17)12(19)13(20)16-6-4-5-14(2,9-16)10-18/h7-8,18H,3-6,9-10H2,1-2H3. The van der Waals surface area contributed by atoms with E-state index >= 15 is 0 Å². The largest absolute Gasteiger partial charge is 0.396 e. The molecule has 1 atom stereocenters. The minimum atomic E-state index is -0.521. The summed E-state index contributed by atoms with van der Waals surface area (Å²) in [6.45, 7) is 5.54. The van der Waals surface area contributed by atoms with Crippen LogP contribution in [-0.2, 0) is 11.3 Å². The lowest BCUT2D eigenvalue weighted by Crippen LogP contribution is -2.48. The van der Waals surface area contributed by atoms with E-state index in [1.807, 2.05) is 13.8 Å². The van der Waals surface area contributed by atoms with E-state index in [4.69, 9.17) is 0 Å². The van der Waals surface area contributed by atoms with Crippen molar-refractivity contribution in [3.05, 3.63) is 18.0 Å². The Balaban J connectivity index is 2.08. The number of likely N-dealkylation sites (tertiary alicyclic amines) is 1. The Labute approximate surface area is 118 Å². The SMILES string of the molecule is CCn1cc(C(=O)C(=O)N2CCCC(C)(CO)C2)cn1. The van der Waals surface area contributed by atoms with Crippen LogP contribution in [0.4, 0.5) is 0 Å². The van der Waals surface area contributed by atoms with Crippen molar-refractivity contribution in [2.45, 2.75) is 33.2 Å². The maximum Gasteiger partial charge on any atom is 0.295 e. The number of Topliss-reactive ketones (excluding diaryl/α,β-unsaturated/α-hetero) is 1. The molecule has 20 heavy (non-hydrogen) atoms. The zero-order chi connectivity index (χ0) is 14.8.